The van der Waals surface area contributed by atoms with E-state index in [-0.39, 0.29) is 5.75 Å². The van der Waals surface area contributed by atoms with Gasteiger partial charge in [0.25, 0.3) is 0 Å². The van der Waals surface area contributed by atoms with Gasteiger partial charge in [0.05, 0.1) is 13.7 Å². The highest BCUT2D eigenvalue weighted by Crippen LogP contribution is 2.29. The predicted octanol–water partition coefficient (Wildman–Crippen LogP) is 1.80. The van der Waals surface area contributed by atoms with Gasteiger partial charge in [-0.05, 0) is 19.1 Å². The van der Waals surface area contributed by atoms with Crippen molar-refractivity contribution in [1.82, 2.24) is 0 Å². The van der Waals surface area contributed by atoms with Crippen LogP contribution in [0.3, 0.4) is 0 Å². The lowest BCUT2D eigenvalue weighted by Crippen LogP contribution is -1.91. The Bertz CT molecular complexity index is 258. The zero-order valence-corrected chi connectivity index (χ0v) is 7.20. The number of phenols is 1. The van der Waals surface area contributed by atoms with E-state index in [0.29, 0.717) is 18.1 Å². The molecule has 3 nitrogen and oxygen atoms in total. The number of methoxy groups -OCH3 is 1. The van der Waals surface area contributed by atoms with Gasteiger partial charge >= 0.3 is 0 Å². The molecule has 0 unspecified atom stereocenters. The van der Waals surface area contributed by atoms with Crippen molar-refractivity contribution in [2.24, 2.45) is 0 Å². The second-order valence-corrected chi connectivity index (χ2v) is 2.27. The van der Waals surface area contributed by atoms with Gasteiger partial charge in [0.1, 0.15) is 5.75 Å². The molecular formula is C9H12O3. The Morgan fingerprint density at radius 3 is 2.67 bits per heavy atom. The van der Waals surface area contributed by atoms with E-state index >= 15 is 0 Å². The van der Waals surface area contributed by atoms with Crippen molar-refractivity contribution in [3.05, 3.63) is 18.2 Å². The summed E-state index contributed by atoms with van der Waals surface area (Å²) in [6.45, 7) is 2.48. The Kier molecular flexibility index (Phi) is 2.80. The first-order valence-electron chi connectivity index (χ1n) is 3.77. The Morgan fingerprint density at radius 1 is 1.42 bits per heavy atom. The highest BCUT2D eigenvalue weighted by Gasteiger charge is 2.01. The molecule has 0 radical (unpaired) electrons. The predicted molar refractivity (Wildman–Crippen MR) is 45.8 cm³/mol. The minimum absolute atomic E-state index is 0.100. The van der Waals surface area contributed by atoms with Crippen molar-refractivity contribution >= 4 is 0 Å². The highest BCUT2D eigenvalue weighted by atomic mass is 16.5. The summed E-state index contributed by atoms with van der Waals surface area (Å²) < 4.78 is 10.0. The molecule has 12 heavy (non-hydrogen) atoms. The van der Waals surface area contributed by atoms with Crippen molar-refractivity contribution in [3.8, 4) is 17.2 Å². The maximum Gasteiger partial charge on any atom is 0.161 e. The molecule has 0 amide bonds. The van der Waals surface area contributed by atoms with Crippen molar-refractivity contribution in [1.29, 1.82) is 0 Å². The van der Waals surface area contributed by atoms with Crippen LogP contribution in [0.25, 0.3) is 0 Å². The lowest BCUT2D eigenvalue weighted by Gasteiger charge is -2.06. The Morgan fingerprint density at radius 2 is 2.17 bits per heavy atom. The number of ether oxygens (including phenoxy) is 2. The normalized spacial score (nSPS) is 9.50. The van der Waals surface area contributed by atoms with Crippen LogP contribution in [-0.4, -0.2) is 18.8 Å². The Hall–Kier alpha value is -1.38. The molecule has 0 saturated heterocycles. The molecule has 0 saturated carbocycles. The van der Waals surface area contributed by atoms with E-state index in [9.17, 15) is 5.11 Å². The molecule has 1 rings (SSSR count). The number of aromatic hydroxyl groups is 1. The average Bonchev–Trinajstić information content (AvgIpc) is 2.05. The Balaban J connectivity index is 2.86. The first-order valence-corrected chi connectivity index (χ1v) is 3.77. The summed E-state index contributed by atoms with van der Waals surface area (Å²) in [5.41, 5.74) is 0. The third-order valence-electron chi connectivity index (χ3n) is 1.46. The van der Waals surface area contributed by atoms with Gasteiger partial charge in [0.2, 0.25) is 0 Å². The van der Waals surface area contributed by atoms with Gasteiger partial charge in [0, 0.05) is 6.07 Å². The van der Waals surface area contributed by atoms with Gasteiger partial charge < -0.3 is 14.6 Å². The molecule has 0 bridgehead atoms. The van der Waals surface area contributed by atoms with Gasteiger partial charge in [-0.2, -0.15) is 0 Å². The van der Waals surface area contributed by atoms with Gasteiger partial charge in [-0.25, -0.2) is 0 Å². The fraction of sp³-hybridized carbons (Fsp3) is 0.333. The van der Waals surface area contributed by atoms with Gasteiger partial charge in [-0.15, -0.1) is 0 Å². The monoisotopic (exact) mass is 168 g/mol. The SMILES string of the molecule is CCOc1ccc(OC)c(O)c1. The Labute approximate surface area is 71.5 Å². The average molecular weight is 168 g/mol. The molecule has 0 aliphatic carbocycles. The molecule has 0 aliphatic rings. The van der Waals surface area contributed by atoms with Gasteiger partial charge in [-0.3, -0.25) is 0 Å². The number of hydrogen-bond acceptors (Lipinski definition) is 3. The molecule has 0 aromatic heterocycles. The summed E-state index contributed by atoms with van der Waals surface area (Å²) in [5, 5.41) is 9.31. The summed E-state index contributed by atoms with van der Waals surface area (Å²) in [6.07, 6.45) is 0. The van der Waals surface area contributed by atoms with Crippen LogP contribution in [0.2, 0.25) is 0 Å². The molecule has 0 aliphatic heterocycles. The first kappa shape index (κ1) is 8.71. The van der Waals surface area contributed by atoms with E-state index in [0.717, 1.165) is 0 Å². The van der Waals surface area contributed by atoms with E-state index in [1.54, 1.807) is 12.1 Å². The second-order valence-electron chi connectivity index (χ2n) is 2.27. The van der Waals surface area contributed by atoms with Crippen LogP contribution in [0.5, 0.6) is 17.2 Å². The summed E-state index contributed by atoms with van der Waals surface area (Å²) in [6, 6.07) is 4.95. The summed E-state index contributed by atoms with van der Waals surface area (Å²) in [4.78, 5) is 0. The van der Waals surface area contributed by atoms with E-state index in [1.807, 2.05) is 6.92 Å². The van der Waals surface area contributed by atoms with Crippen LogP contribution >= 0.6 is 0 Å². The zero-order valence-electron chi connectivity index (χ0n) is 7.20. The fourth-order valence-corrected chi connectivity index (χ4v) is 0.926. The van der Waals surface area contributed by atoms with Crippen molar-refractivity contribution in [2.75, 3.05) is 13.7 Å². The number of hydrogen-bond donors (Lipinski definition) is 1. The molecule has 1 aromatic rings. The highest BCUT2D eigenvalue weighted by molar-refractivity contribution is 5.44. The number of rotatable bonds is 3. The molecule has 3 heteroatoms. The van der Waals surface area contributed by atoms with Crippen molar-refractivity contribution in [2.45, 2.75) is 6.92 Å². The van der Waals surface area contributed by atoms with Crippen LogP contribution < -0.4 is 9.47 Å². The zero-order chi connectivity index (χ0) is 8.97. The maximum absolute atomic E-state index is 9.31. The molecular weight excluding hydrogens is 156 g/mol. The molecule has 1 N–H and O–H groups in total. The van der Waals surface area contributed by atoms with Crippen LogP contribution in [0.4, 0.5) is 0 Å². The van der Waals surface area contributed by atoms with Gasteiger partial charge in [-0.1, -0.05) is 0 Å². The lowest BCUT2D eigenvalue weighted by atomic mass is 10.3. The smallest absolute Gasteiger partial charge is 0.161 e. The molecule has 0 atom stereocenters. The number of benzene rings is 1. The minimum Gasteiger partial charge on any atom is -0.504 e. The van der Waals surface area contributed by atoms with Crippen LogP contribution in [0.1, 0.15) is 6.92 Å². The summed E-state index contributed by atoms with van der Waals surface area (Å²) >= 11 is 0. The van der Waals surface area contributed by atoms with E-state index in [4.69, 9.17) is 9.47 Å². The van der Waals surface area contributed by atoms with Crippen LogP contribution in [0.15, 0.2) is 18.2 Å². The lowest BCUT2D eigenvalue weighted by molar-refractivity contribution is 0.332. The molecule has 0 heterocycles. The molecule has 0 spiro atoms. The summed E-state index contributed by atoms with van der Waals surface area (Å²) in [7, 11) is 1.51. The van der Waals surface area contributed by atoms with E-state index < -0.39 is 0 Å². The first-order chi connectivity index (χ1) is 5.77. The third kappa shape index (κ3) is 1.81. The van der Waals surface area contributed by atoms with Crippen molar-refractivity contribution < 1.29 is 14.6 Å². The topological polar surface area (TPSA) is 38.7 Å². The van der Waals surface area contributed by atoms with Crippen LogP contribution in [-0.2, 0) is 0 Å². The largest absolute Gasteiger partial charge is 0.504 e. The molecule has 0 fully saturated rings. The fourth-order valence-electron chi connectivity index (χ4n) is 0.926. The summed E-state index contributed by atoms with van der Waals surface area (Å²) in [5.74, 6) is 1.21. The van der Waals surface area contributed by atoms with Gasteiger partial charge in [0.15, 0.2) is 11.5 Å². The number of phenolic OH excluding ortho intramolecular Hbond substituents is 1. The standard InChI is InChI=1S/C9H12O3/c1-3-12-7-4-5-9(11-2)8(10)6-7/h4-6,10H,3H2,1-2H3. The maximum atomic E-state index is 9.31. The van der Waals surface area contributed by atoms with Crippen molar-refractivity contribution in [3.63, 3.8) is 0 Å². The third-order valence-corrected chi connectivity index (χ3v) is 1.46. The van der Waals surface area contributed by atoms with Crippen LogP contribution in [0, 0.1) is 0 Å². The second kappa shape index (κ2) is 3.85. The van der Waals surface area contributed by atoms with E-state index in [2.05, 4.69) is 0 Å². The quantitative estimate of drug-likeness (QED) is 0.747. The minimum atomic E-state index is 0.100. The molecule has 66 valence electrons. The molecule has 1 aromatic carbocycles. The van der Waals surface area contributed by atoms with E-state index in [1.165, 1.54) is 13.2 Å².